The molecule has 0 aromatic heterocycles. The van der Waals surface area contributed by atoms with Crippen molar-refractivity contribution in [1.29, 1.82) is 0 Å². The minimum atomic E-state index is -1.70. The van der Waals surface area contributed by atoms with Crippen molar-refractivity contribution in [2.45, 2.75) is 26.6 Å². The van der Waals surface area contributed by atoms with Crippen LogP contribution in [-0.4, -0.2) is 56.4 Å². The molecule has 0 radical (unpaired) electrons. The van der Waals surface area contributed by atoms with E-state index in [1.54, 1.807) is 30.0 Å². The average Bonchev–Trinajstić information content (AvgIpc) is 2.83. The zero-order chi connectivity index (χ0) is 25.5. The molecule has 1 N–H and O–H groups in total. The minimum absolute atomic E-state index is 0.0691. The highest BCUT2D eigenvalue weighted by Crippen LogP contribution is 2.42. The normalized spacial score (nSPS) is 19.9. The SMILES string of the molecule is COC(CN1C[C@]2(Cc3cc([N+](=O)[O-])ccc31)C(=O)NC(=O)N(c1cccc(C)c1C)C2=O)OC. The lowest BCUT2D eigenvalue weighted by Gasteiger charge is -2.46. The van der Waals surface area contributed by atoms with Gasteiger partial charge in [0.1, 0.15) is 0 Å². The van der Waals surface area contributed by atoms with E-state index in [1.165, 1.54) is 26.4 Å². The summed E-state index contributed by atoms with van der Waals surface area (Å²) in [6.45, 7) is 3.74. The maximum atomic E-state index is 14.0. The van der Waals surface area contributed by atoms with E-state index in [0.717, 1.165) is 16.0 Å². The van der Waals surface area contributed by atoms with E-state index >= 15 is 0 Å². The van der Waals surface area contributed by atoms with Gasteiger partial charge in [-0.05, 0) is 49.1 Å². The number of carbonyl (C=O) groups is 3. The van der Waals surface area contributed by atoms with Gasteiger partial charge < -0.3 is 14.4 Å². The number of fused-ring (bicyclic) bond motifs is 1. The molecule has 4 rings (SSSR count). The molecule has 1 spiro atoms. The fourth-order valence-corrected chi connectivity index (χ4v) is 4.68. The second-order valence-corrected chi connectivity index (χ2v) is 8.73. The Morgan fingerprint density at radius 1 is 1.11 bits per heavy atom. The lowest BCUT2D eigenvalue weighted by molar-refractivity contribution is -0.384. The van der Waals surface area contributed by atoms with Crippen molar-refractivity contribution in [3.05, 3.63) is 63.2 Å². The van der Waals surface area contributed by atoms with Gasteiger partial charge in [-0.3, -0.25) is 25.0 Å². The Hall–Kier alpha value is -3.83. The van der Waals surface area contributed by atoms with Gasteiger partial charge in [-0.2, -0.15) is 0 Å². The number of nitro groups is 1. The number of ether oxygens (including phenoxy) is 2. The molecule has 0 unspecified atom stereocenters. The van der Waals surface area contributed by atoms with Gasteiger partial charge in [0.05, 0.1) is 17.2 Å². The average molecular weight is 482 g/mol. The number of amides is 4. The molecule has 2 aromatic carbocycles. The predicted molar refractivity (Wildman–Crippen MR) is 126 cm³/mol. The molecule has 0 saturated carbocycles. The quantitative estimate of drug-likeness (QED) is 0.288. The molecule has 2 aliphatic rings. The number of carbonyl (C=O) groups excluding carboxylic acids is 3. The maximum Gasteiger partial charge on any atom is 0.335 e. The zero-order valence-corrected chi connectivity index (χ0v) is 19.9. The van der Waals surface area contributed by atoms with E-state index in [-0.39, 0.29) is 25.2 Å². The molecule has 11 nitrogen and oxygen atoms in total. The Balaban J connectivity index is 1.85. The van der Waals surface area contributed by atoms with Crippen LogP contribution in [-0.2, 0) is 25.5 Å². The number of anilines is 2. The molecule has 2 aromatic rings. The van der Waals surface area contributed by atoms with Crippen molar-refractivity contribution >= 4 is 34.9 Å². The number of hydrogen-bond donors (Lipinski definition) is 1. The van der Waals surface area contributed by atoms with Crippen molar-refractivity contribution in [2.24, 2.45) is 5.41 Å². The number of barbiturate groups is 1. The number of non-ortho nitro benzene ring substituents is 1. The molecule has 0 bridgehead atoms. The van der Waals surface area contributed by atoms with Crippen LogP contribution in [0.15, 0.2) is 36.4 Å². The van der Waals surface area contributed by atoms with Crippen molar-refractivity contribution in [3.63, 3.8) is 0 Å². The van der Waals surface area contributed by atoms with Gasteiger partial charge in [0.15, 0.2) is 11.7 Å². The van der Waals surface area contributed by atoms with Crippen LogP contribution in [0.2, 0.25) is 0 Å². The summed E-state index contributed by atoms with van der Waals surface area (Å²) in [6, 6.07) is 8.72. The van der Waals surface area contributed by atoms with Crippen LogP contribution in [0.5, 0.6) is 0 Å². The summed E-state index contributed by atoms with van der Waals surface area (Å²) in [5.74, 6) is -1.43. The summed E-state index contributed by atoms with van der Waals surface area (Å²) in [6.07, 6.45) is -0.795. The van der Waals surface area contributed by atoms with E-state index < -0.39 is 34.5 Å². The van der Waals surface area contributed by atoms with Gasteiger partial charge in [-0.1, -0.05) is 12.1 Å². The summed E-state index contributed by atoms with van der Waals surface area (Å²) >= 11 is 0. The highest BCUT2D eigenvalue weighted by Gasteiger charge is 2.57. The molecule has 184 valence electrons. The van der Waals surface area contributed by atoms with E-state index in [9.17, 15) is 24.5 Å². The molecule has 2 aliphatic heterocycles. The Kier molecular flexibility index (Phi) is 6.30. The zero-order valence-electron chi connectivity index (χ0n) is 19.9. The van der Waals surface area contributed by atoms with Gasteiger partial charge in [0, 0.05) is 38.6 Å². The van der Waals surface area contributed by atoms with Crippen molar-refractivity contribution in [3.8, 4) is 0 Å². The summed E-state index contributed by atoms with van der Waals surface area (Å²) in [7, 11) is 2.92. The molecule has 0 aliphatic carbocycles. The molecular formula is C24H26N4O7. The summed E-state index contributed by atoms with van der Waals surface area (Å²) < 4.78 is 10.6. The lowest BCUT2D eigenvalue weighted by Crippen LogP contribution is -2.69. The summed E-state index contributed by atoms with van der Waals surface area (Å²) in [5.41, 5.74) is 1.18. The fraction of sp³-hybridized carbons (Fsp3) is 0.375. The van der Waals surface area contributed by atoms with E-state index in [1.807, 2.05) is 13.0 Å². The molecule has 1 saturated heterocycles. The smallest absolute Gasteiger partial charge is 0.335 e. The summed E-state index contributed by atoms with van der Waals surface area (Å²) in [5, 5.41) is 13.8. The number of nitrogens with zero attached hydrogens (tertiary/aromatic N) is 3. The van der Waals surface area contributed by atoms with Gasteiger partial charge in [-0.15, -0.1) is 0 Å². The Labute approximate surface area is 201 Å². The van der Waals surface area contributed by atoms with Gasteiger partial charge in [-0.25, -0.2) is 9.69 Å². The number of urea groups is 1. The predicted octanol–water partition coefficient (Wildman–Crippen LogP) is 2.46. The third-order valence-corrected chi connectivity index (χ3v) is 6.75. The molecule has 2 heterocycles. The van der Waals surface area contributed by atoms with E-state index in [2.05, 4.69) is 5.32 Å². The van der Waals surface area contributed by atoms with E-state index in [4.69, 9.17) is 9.47 Å². The molecule has 35 heavy (non-hydrogen) atoms. The minimum Gasteiger partial charge on any atom is -0.365 e. The number of methoxy groups -OCH3 is 2. The van der Waals surface area contributed by atoms with Crippen molar-refractivity contribution in [1.82, 2.24) is 5.32 Å². The van der Waals surface area contributed by atoms with Crippen LogP contribution in [0.25, 0.3) is 0 Å². The number of hydrogen-bond acceptors (Lipinski definition) is 8. The third-order valence-electron chi connectivity index (χ3n) is 6.75. The topological polar surface area (TPSA) is 131 Å². The lowest BCUT2D eigenvalue weighted by atomic mass is 9.74. The van der Waals surface area contributed by atoms with Gasteiger partial charge >= 0.3 is 6.03 Å². The first-order chi connectivity index (χ1) is 16.6. The Morgan fingerprint density at radius 3 is 2.49 bits per heavy atom. The Morgan fingerprint density at radius 2 is 1.83 bits per heavy atom. The van der Waals surface area contributed by atoms with Crippen LogP contribution in [0.4, 0.5) is 21.9 Å². The molecule has 4 amide bonds. The monoisotopic (exact) mass is 482 g/mol. The highest BCUT2D eigenvalue weighted by molar-refractivity contribution is 6.30. The molecule has 1 fully saturated rings. The van der Waals surface area contributed by atoms with Crippen LogP contribution in [0.3, 0.4) is 0 Å². The Bertz CT molecular complexity index is 1230. The number of aryl methyl sites for hydroxylation is 1. The fourth-order valence-electron chi connectivity index (χ4n) is 4.68. The second kappa shape index (κ2) is 9.08. The number of rotatable bonds is 6. The van der Waals surface area contributed by atoms with Crippen molar-refractivity contribution in [2.75, 3.05) is 37.1 Å². The molecule has 11 heteroatoms. The van der Waals surface area contributed by atoms with Crippen LogP contribution in [0, 0.1) is 29.4 Å². The number of benzene rings is 2. The van der Waals surface area contributed by atoms with E-state index in [0.29, 0.717) is 16.9 Å². The summed E-state index contributed by atoms with van der Waals surface area (Å²) in [4.78, 5) is 53.8. The first kappa shape index (κ1) is 24.3. The number of imide groups is 2. The first-order valence-electron chi connectivity index (χ1n) is 11.0. The number of nitrogens with one attached hydrogen (secondary N) is 1. The van der Waals surface area contributed by atoms with Crippen LogP contribution in [0.1, 0.15) is 16.7 Å². The van der Waals surface area contributed by atoms with Gasteiger partial charge in [0.25, 0.3) is 11.6 Å². The van der Waals surface area contributed by atoms with Crippen LogP contribution < -0.4 is 15.1 Å². The molecule has 1 atom stereocenters. The van der Waals surface area contributed by atoms with Crippen molar-refractivity contribution < 1.29 is 28.8 Å². The second-order valence-electron chi connectivity index (χ2n) is 8.73. The first-order valence-corrected chi connectivity index (χ1v) is 11.0. The van der Waals surface area contributed by atoms with Gasteiger partial charge in [0.2, 0.25) is 5.91 Å². The van der Waals surface area contributed by atoms with Crippen LogP contribution >= 0.6 is 0 Å². The maximum absolute atomic E-state index is 14.0. The largest absolute Gasteiger partial charge is 0.365 e. The third kappa shape index (κ3) is 4.02. The molecular weight excluding hydrogens is 456 g/mol. The highest BCUT2D eigenvalue weighted by atomic mass is 16.7. The standard InChI is InChI=1S/C24H26N4O7/c1-14-6-5-7-18(15(14)2)27-22(30)24(21(29)25-23(27)31)11-16-10-17(28(32)33)8-9-19(16)26(13-24)12-20(34-3)35-4/h5-10,20H,11-13H2,1-4H3,(H,25,29,31)/t24-/m1/s1. The number of nitro benzene ring substituents is 1.